The van der Waals surface area contributed by atoms with Crippen molar-refractivity contribution in [3.05, 3.63) is 83.3 Å². The van der Waals surface area contributed by atoms with Crippen LogP contribution in [-0.2, 0) is 29.0 Å². The first-order chi connectivity index (χ1) is 21.4. The van der Waals surface area contributed by atoms with Gasteiger partial charge >= 0.3 is 0 Å². The predicted molar refractivity (Wildman–Crippen MR) is 174 cm³/mol. The Bertz CT molecular complexity index is 1390. The Morgan fingerprint density at radius 3 is 2.43 bits per heavy atom. The number of aromatic nitrogens is 2. The van der Waals surface area contributed by atoms with Gasteiger partial charge < -0.3 is 20.9 Å². The molecule has 3 N–H and O–H groups in total. The summed E-state index contributed by atoms with van der Waals surface area (Å²) in [4.78, 5) is 42.1. The monoisotopic (exact) mass is 598 g/mol. The molecule has 3 aromatic rings. The second-order valence-corrected chi connectivity index (χ2v) is 12.2. The Morgan fingerprint density at radius 2 is 1.61 bits per heavy atom. The Balaban J connectivity index is 1.32. The molecule has 0 spiro atoms. The molecule has 1 unspecified atom stereocenters. The number of anilines is 2. The number of carbonyl (C=O) groups excluding carboxylic acids is 2. The second-order valence-electron chi connectivity index (χ2n) is 12.2. The lowest BCUT2D eigenvalue weighted by atomic mass is 10.1. The second kappa shape index (κ2) is 15.7. The van der Waals surface area contributed by atoms with E-state index in [-0.39, 0.29) is 11.8 Å². The molecule has 0 aliphatic carbocycles. The lowest BCUT2D eigenvalue weighted by Crippen LogP contribution is -2.52. The summed E-state index contributed by atoms with van der Waals surface area (Å²) >= 11 is 0. The number of nitrogens with one attached hydrogen (secondary N) is 3. The van der Waals surface area contributed by atoms with Crippen molar-refractivity contribution in [2.24, 2.45) is 0 Å². The predicted octanol–water partition coefficient (Wildman–Crippen LogP) is 2.82. The van der Waals surface area contributed by atoms with Gasteiger partial charge in [-0.2, -0.15) is 0 Å². The summed E-state index contributed by atoms with van der Waals surface area (Å²) in [7, 11) is 4.10. The first-order valence-electron chi connectivity index (χ1n) is 15.8. The molecule has 6 rings (SSSR count). The minimum absolute atomic E-state index is 0.0856. The minimum atomic E-state index is -0.538. The van der Waals surface area contributed by atoms with E-state index in [1.54, 1.807) is 6.33 Å². The standard InChI is InChI=1S/C34H46N8O2/c1-40(2)14-4-3-11-31-34(44)35-13-12-26-7-6-10-29(20-26)38-32-22-30(36-25-37-32)21-27-8-5-9-28(19-27)23-41-15-17-42(18-16-41)24-33(43)39-31/h5-10,19-20,22,25,31H,3-4,11-18,21,23-24H2,1-2H3,(H,35,44)(H,39,43)(H,36,37,38). The van der Waals surface area contributed by atoms with Crippen molar-refractivity contribution in [2.75, 3.05) is 65.2 Å². The number of fused-ring (bicyclic) bond motifs is 9. The molecule has 0 saturated carbocycles. The zero-order valence-corrected chi connectivity index (χ0v) is 26.1. The van der Waals surface area contributed by atoms with Gasteiger partial charge in [0.1, 0.15) is 18.2 Å². The van der Waals surface area contributed by atoms with E-state index in [1.165, 1.54) is 11.1 Å². The van der Waals surface area contributed by atoms with Crippen LogP contribution in [0.2, 0.25) is 0 Å². The smallest absolute Gasteiger partial charge is 0.242 e. The van der Waals surface area contributed by atoms with E-state index in [4.69, 9.17) is 0 Å². The SMILES string of the molecule is CN(C)CCCCC1NC(=O)CN2CCN(CC2)Cc2cccc(c2)Cc2cc(ncn2)Nc2cccc(c2)CCNC1=O. The summed E-state index contributed by atoms with van der Waals surface area (Å²) in [6.07, 6.45) is 5.49. The highest BCUT2D eigenvalue weighted by molar-refractivity contribution is 5.88. The molecule has 2 aromatic carbocycles. The number of benzene rings is 2. The highest BCUT2D eigenvalue weighted by atomic mass is 16.2. The van der Waals surface area contributed by atoms with E-state index in [1.807, 2.05) is 32.3 Å². The molecule has 1 aromatic heterocycles. The lowest BCUT2D eigenvalue weighted by Gasteiger charge is -2.34. The lowest BCUT2D eigenvalue weighted by molar-refractivity contribution is -0.130. The number of rotatable bonds is 5. The van der Waals surface area contributed by atoms with Gasteiger partial charge in [0.2, 0.25) is 11.8 Å². The van der Waals surface area contributed by atoms with E-state index in [2.05, 4.69) is 77.0 Å². The van der Waals surface area contributed by atoms with Crippen molar-refractivity contribution in [3.63, 3.8) is 0 Å². The molecule has 1 saturated heterocycles. The van der Waals surface area contributed by atoms with Crippen molar-refractivity contribution in [1.29, 1.82) is 0 Å². The van der Waals surface area contributed by atoms with E-state index < -0.39 is 6.04 Å². The van der Waals surface area contributed by atoms with Crippen LogP contribution in [0.1, 0.15) is 41.6 Å². The molecule has 3 aliphatic rings. The molecular formula is C34H46N8O2. The number of piperazine rings is 1. The maximum absolute atomic E-state index is 13.3. The quantitative estimate of drug-likeness (QED) is 0.385. The van der Waals surface area contributed by atoms with Crippen LogP contribution in [0.5, 0.6) is 0 Å². The molecule has 10 heteroatoms. The number of unbranched alkanes of at least 4 members (excludes halogenated alkanes) is 1. The Hall–Kier alpha value is -3.86. The maximum Gasteiger partial charge on any atom is 0.242 e. The van der Waals surface area contributed by atoms with Crippen LogP contribution in [-0.4, -0.2) is 102 Å². The fourth-order valence-corrected chi connectivity index (χ4v) is 5.87. The van der Waals surface area contributed by atoms with Crippen LogP contribution < -0.4 is 16.0 Å². The van der Waals surface area contributed by atoms with Crippen LogP contribution in [0, 0.1) is 0 Å². The summed E-state index contributed by atoms with van der Waals surface area (Å²) in [5.74, 6) is 0.543. The van der Waals surface area contributed by atoms with Crippen LogP contribution in [0.3, 0.4) is 0 Å². The Kier molecular flexibility index (Phi) is 11.3. The van der Waals surface area contributed by atoms with Gasteiger partial charge in [-0.3, -0.25) is 19.4 Å². The van der Waals surface area contributed by atoms with Crippen molar-refractivity contribution >= 4 is 23.3 Å². The number of carbonyl (C=O) groups is 2. The van der Waals surface area contributed by atoms with E-state index in [9.17, 15) is 9.59 Å². The van der Waals surface area contributed by atoms with Crippen LogP contribution in [0.4, 0.5) is 11.5 Å². The number of nitrogens with zero attached hydrogens (tertiary/aromatic N) is 5. The summed E-state index contributed by atoms with van der Waals surface area (Å²) < 4.78 is 0. The van der Waals surface area contributed by atoms with Crippen molar-refractivity contribution in [1.82, 2.24) is 35.3 Å². The fourth-order valence-electron chi connectivity index (χ4n) is 5.87. The summed E-state index contributed by atoms with van der Waals surface area (Å²) in [6.45, 7) is 6.06. The maximum atomic E-state index is 13.3. The van der Waals surface area contributed by atoms with Crippen LogP contribution in [0.15, 0.2) is 60.9 Å². The van der Waals surface area contributed by atoms with Gasteiger partial charge in [-0.05, 0) is 75.1 Å². The van der Waals surface area contributed by atoms with E-state index in [0.29, 0.717) is 25.9 Å². The average Bonchev–Trinajstić information content (AvgIpc) is 3.00. The molecule has 44 heavy (non-hydrogen) atoms. The number of hydrogen-bond donors (Lipinski definition) is 3. The molecule has 1 atom stereocenters. The van der Waals surface area contributed by atoms with Gasteiger partial charge in [0.25, 0.3) is 0 Å². The van der Waals surface area contributed by atoms with Gasteiger partial charge in [0, 0.05) is 57.4 Å². The highest BCUT2D eigenvalue weighted by Gasteiger charge is 2.24. The third kappa shape index (κ3) is 9.83. The molecule has 10 nitrogen and oxygen atoms in total. The van der Waals surface area contributed by atoms with Gasteiger partial charge in [0.15, 0.2) is 0 Å². The molecular weight excluding hydrogens is 552 g/mol. The Labute approximate surface area is 261 Å². The van der Waals surface area contributed by atoms with Gasteiger partial charge in [-0.1, -0.05) is 36.4 Å². The first kappa shape index (κ1) is 31.6. The molecule has 3 aliphatic heterocycles. The van der Waals surface area contributed by atoms with Crippen molar-refractivity contribution in [2.45, 2.75) is 44.7 Å². The number of hydrogen-bond acceptors (Lipinski definition) is 8. The van der Waals surface area contributed by atoms with Gasteiger partial charge in [0.05, 0.1) is 12.2 Å². The average molecular weight is 599 g/mol. The van der Waals surface area contributed by atoms with E-state index in [0.717, 1.165) is 81.3 Å². The third-order valence-electron chi connectivity index (χ3n) is 8.25. The van der Waals surface area contributed by atoms with Crippen molar-refractivity contribution in [3.8, 4) is 0 Å². The van der Waals surface area contributed by atoms with Gasteiger partial charge in [-0.15, -0.1) is 0 Å². The molecule has 8 bridgehead atoms. The molecule has 234 valence electrons. The first-order valence-corrected chi connectivity index (χ1v) is 15.8. The summed E-state index contributed by atoms with van der Waals surface area (Å²) in [6, 6.07) is 18.3. The van der Waals surface area contributed by atoms with Gasteiger partial charge in [-0.25, -0.2) is 9.97 Å². The van der Waals surface area contributed by atoms with Crippen molar-refractivity contribution < 1.29 is 9.59 Å². The van der Waals surface area contributed by atoms with Crippen LogP contribution in [0.25, 0.3) is 0 Å². The number of amides is 2. The van der Waals surface area contributed by atoms with Crippen LogP contribution >= 0.6 is 0 Å². The highest BCUT2D eigenvalue weighted by Crippen LogP contribution is 2.19. The fraction of sp³-hybridized carbons (Fsp3) is 0.471. The third-order valence-corrected chi connectivity index (χ3v) is 8.25. The zero-order chi connectivity index (χ0) is 30.7. The zero-order valence-electron chi connectivity index (χ0n) is 26.1. The molecule has 2 amide bonds. The summed E-state index contributed by atoms with van der Waals surface area (Å²) in [5.41, 5.74) is 5.48. The topological polar surface area (TPSA) is 106 Å². The molecule has 1 fully saturated rings. The van der Waals surface area contributed by atoms with E-state index >= 15 is 0 Å². The molecule has 4 heterocycles. The Morgan fingerprint density at radius 1 is 0.864 bits per heavy atom. The molecule has 0 radical (unpaired) electrons. The largest absolute Gasteiger partial charge is 0.354 e. The summed E-state index contributed by atoms with van der Waals surface area (Å²) in [5, 5.41) is 9.55. The minimum Gasteiger partial charge on any atom is -0.354 e. The normalized spacial score (nSPS) is 21.6.